The van der Waals surface area contributed by atoms with Crippen molar-refractivity contribution in [2.24, 2.45) is 11.3 Å². The van der Waals surface area contributed by atoms with E-state index in [1.165, 1.54) is 18.1 Å². The fraction of sp³-hybridized carbons (Fsp3) is 0.381. The van der Waals surface area contributed by atoms with Crippen LogP contribution in [0, 0.1) is 30.6 Å². The number of phenols is 1. The lowest BCUT2D eigenvalue weighted by Crippen LogP contribution is -2.26. The lowest BCUT2D eigenvalue weighted by molar-refractivity contribution is -0.118. The predicted octanol–water partition coefficient (Wildman–Crippen LogP) is 9.83. The van der Waals surface area contributed by atoms with Gasteiger partial charge < -0.3 is 19.9 Å². The Morgan fingerprint density at radius 3 is 2.21 bits per heavy atom. The molecular formula is C42H57NO5. The minimum Gasteiger partial charge on any atom is -0.508 e. The predicted molar refractivity (Wildman–Crippen MR) is 201 cm³/mol. The Balaban J connectivity index is 0.00000101. The van der Waals surface area contributed by atoms with Gasteiger partial charge in [-0.2, -0.15) is 0 Å². The number of aromatic hydroxyl groups is 1. The molecule has 1 heterocycles. The molecule has 0 aliphatic carbocycles. The lowest BCUT2D eigenvalue weighted by Gasteiger charge is -2.28. The lowest BCUT2D eigenvalue weighted by atomic mass is 9.77. The van der Waals surface area contributed by atoms with Crippen molar-refractivity contribution < 1.29 is 24.2 Å². The maximum atomic E-state index is 11.6. The molecule has 0 fully saturated rings. The number of nitrogens with one attached hydrogen (secondary N) is 1. The number of carbonyl (C=O) groups is 2. The molecule has 48 heavy (non-hydrogen) atoms. The topological polar surface area (TPSA) is 84.9 Å². The van der Waals surface area contributed by atoms with Gasteiger partial charge in [0.2, 0.25) is 5.91 Å². The first-order valence-electron chi connectivity index (χ1n) is 16.3. The number of aldehydes is 1. The second-order valence-electron chi connectivity index (χ2n) is 12.4. The minimum atomic E-state index is -0.203. The number of para-hydroxylation sites is 1. The zero-order valence-electron chi connectivity index (χ0n) is 30.9. The van der Waals surface area contributed by atoms with E-state index in [-0.39, 0.29) is 11.3 Å². The van der Waals surface area contributed by atoms with Gasteiger partial charge in [0.15, 0.2) is 12.0 Å². The van der Waals surface area contributed by atoms with Crippen LogP contribution < -0.4 is 10.1 Å². The van der Waals surface area contributed by atoms with Gasteiger partial charge >= 0.3 is 0 Å². The second kappa shape index (κ2) is 21.9. The van der Waals surface area contributed by atoms with Gasteiger partial charge in [-0.05, 0) is 92.5 Å². The molecule has 3 rings (SSSR count). The summed E-state index contributed by atoms with van der Waals surface area (Å²) < 4.78 is 11.6. The van der Waals surface area contributed by atoms with Gasteiger partial charge in [-0.1, -0.05) is 95.3 Å². The highest BCUT2D eigenvalue weighted by Crippen LogP contribution is 2.41. The van der Waals surface area contributed by atoms with E-state index in [1.54, 1.807) is 19.1 Å². The summed E-state index contributed by atoms with van der Waals surface area (Å²) in [6, 6.07) is 11.5. The summed E-state index contributed by atoms with van der Waals surface area (Å²) in [4.78, 5) is 20.5. The number of terminal acetylenes is 1. The number of methoxy groups -OCH3 is 1. The SMILES string of the molecule is C#CC=O.C=CC(CCC(=C)Cc1ccc2c(c1C)OC(=C)C(NC(C)=O)=C2OC)C(C)(C)C.CC.CC(C)=CCc1ccccc1O. The van der Waals surface area contributed by atoms with Crippen molar-refractivity contribution in [2.45, 2.75) is 88.0 Å². The monoisotopic (exact) mass is 655 g/mol. The van der Waals surface area contributed by atoms with E-state index < -0.39 is 0 Å². The molecule has 260 valence electrons. The van der Waals surface area contributed by atoms with Crippen LogP contribution in [0.4, 0.5) is 0 Å². The van der Waals surface area contributed by atoms with Gasteiger partial charge in [0.25, 0.3) is 0 Å². The number of fused-ring (bicyclic) bond motifs is 1. The molecule has 0 bridgehead atoms. The van der Waals surface area contributed by atoms with E-state index in [0.717, 1.165) is 53.7 Å². The van der Waals surface area contributed by atoms with E-state index in [2.05, 4.69) is 84.3 Å². The Hall–Kier alpha value is -4.76. The van der Waals surface area contributed by atoms with Crippen LogP contribution in [0.3, 0.4) is 0 Å². The zero-order chi connectivity index (χ0) is 37.0. The van der Waals surface area contributed by atoms with Crippen LogP contribution in [0.25, 0.3) is 5.76 Å². The summed E-state index contributed by atoms with van der Waals surface area (Å²) in [5.41, 5.74) is 7.11. The highest BCUT2D eigenvalue weighted by Gasteiger charge is 2.28. The van der Waals surface area contributed by atoms with Gasteiger partial charge in [0.1, 0.15) is 23.0 Å². The molecule has 2 N–H and O–H groups in total. The van der Waals surface area contributed by atoms with Crippen LogP contribution in [0.2, 0.25) is 0 Å². The van der Waals surface area contributed by atoms with Crippen LogP contribution in [0.5, 0.6) is 11.5 Å². The van der Waals surface area contributed by atoms with E-state index in [4.69, 9.17) is 14.3 Å². The summed E-state index contributed by atoms with van der Waals surface area (Å²) in [6.45, 7) is 30.6. The first kappa shape index (κ1) is 43.2. The number of hydrogen-bond acceptors (Lipinski definition) is 5. The molecule has 0 spiro atoms. The standard InChI is InChI=1S/C26H35NO3.C11H14O.C3H2O.C2H6/c1-10-21(26(6,7)8)13-11-16(2)15-20-12-14-22-24(17(20)3)30-18(4)23(25(22)29-9)27-19(5)28;1-9(2)7-8-10-5-3-4-6-11(10)12;1-2-3-4;1-2/h10,12,14,21H,1-2,4,11,13,15H2,3,5-9H3,(H,27,28);3-7,12H,8H2,1-2H3;1,3H;1-2H3. The third-order valence-electron chi connectivity index (χ3n) is 7.44. The fourth-order valence-electron chi connectivity index (χ4n) is 4.80. The summed E-state index contributed by atoms with van der Waals surface area (Å²) >= 11 is 0. The molecule has 1 aliphatic rings. The third kappa shape index (κ3) is 14.3. The molecule has 1 amide bonds. The normalized spacial score (nSPS) is 11.9. The van der Waals surface area contributed by atoms with Gasteiger partial charge in [0.05, 0.1) is 12.7 Å². The summed E-state index contributed by atoms with van der Waals surface area (Å²) in [5.74, 6) is 4.03. The number of hydrogen-bond donors (Lipinski definition) is 2. The van der Waals surface area contributed by atoms with Gasteiger partial charge in [-0.3, -0.25) is 9.59 Å². The first-order valence-corrected chi connectivity index (χ1v) is 16.3. The van der Waals surface area contributed by atoms with Crippen LogP contribution >= 0.6 is 0 Å². The number of benzene rings is 2. The quantitative estimate of drug-likeness (QED) is 0.151. The smallest absolute Gasteiger partial charge is 0.221 e. The Morgan fingerprint density at radius 1 is 1.12 bits per heavy atom. The van der Waals surface area contributed by atoms with Gasteiger partial charge in [0, 0.05) is 6.92 Å². The number of allylic oxidation sites excluding steroid dienone is 4. The number of ether oxygens (including phenoxy) is 2. The number of rotatable bonds is 10. The van der Waals surface area contributed by atoms with Crippen molar-refractivity contribution in [3.05, 3.63) is 113 Å². The molecule has 2 aromatic rings. The average Bonchev–Trinajstić information content (AvgIpc) is 3.03. The molecular weight excluding hydrogens is 598 g/mol. The number of phenolic OH excluding ortho intramolecular Hbond substituents is 1. The Bertz CT molecular complexity index is 1510. The van der Waals surface area contributed by atoms with Crippen molar-refractivity contribution in [3.8, 4) is 23.8 Å². The first-order chi connectivity index (χ1) is 22.6. The minimum absolute atomic E-state index is 0.201. The number of amides is 1. The maximum Gasteiger partial charge on any atom is 0.221 e. The summed E-state index contributed by atoms with van der Waals surface area (Å²) in [6.07, 6.45) is 12.6. The molecule has 0 aromatic heterocycles. The van der Waals surface area contributed by atoms with Crippen LogP contribution in [0.1, 0.15) is 90.5 Å². The molecule has 0 saturated heterocycles. The van der Waals surface area contributed by atoms with Crippen molar-refractivity contribution in [1.29, 1.82) is 0 Å². The highest BCUT2D eigenvalue weighted by atomic mass is 16.5. The number of carbonyl (C=O) groups excluding carboxylic acids is 2. The van der Waals surface area contributed by atoms with E-state index >= 15 is 0 Å². The van der Waals surface area contributed by atoms with Crippen LogP contribution in [-0.4, -0.2) is 24.4 Å². The second-order valence-corrected chi connectivity index (χ2v) is 12.4. The Morgan fingerprint density at radius 2 is 1.73 bits per heavy atom. The third-order valence-corrected chi connectivity index (χ3v) is 7.44. The molecule has 0 saturated carbocycles. The highest BCUT2D eigenvalue weighted by molar-refractivity contribution is 5.82. The van der Waals surface area contributed by atoms with Crippen molar-refractivity contribution in [1.82, 2.24) is 5.32 Å². The Labute approximate surface area is 290 Å². The van der Waals surface area contributed by atoms with E-state index in [9.17, 15) is 9.90 Å². The largest absolute Gasteiger partial charge is 0.508 e. The molecule has 2 aromatic carbocycles. The van der Waals surface area contributed by atoms with Gasteiger partial charge in [-0.15, -0.1) is 13.0 Å². The molecule has 1 unspecified atom stereocenters. The summed E-state index contributed by atoms with van der Waals surface area (Å²) in [7, 11) is 1.58. The van der Waals surface area contributed by atoms with E-state index in [1.807, 2.05) is 45.0 Å². The van der Waals surface area contributed by atoms with Crippen LogP contribution in [0.15, 0.2) is 90.9 Å². The molecule has 1 aliphatic heterocycles. The summed E-state index contributed by atoms with van der Waals surface area (Å²) in [5, 5.41) is 12.1. The molecule has 6 heteroatoms. The molecule has 0 radical (unpaired) electrons. The van der Waals surface area contributed by atoms with Crippen LogP contribution in [-0.2, 0) is 27.2 Å². The maximum absolute atomic E-state index is 11.6. The van der Waals surface area contributed by atoms with Crippen molar-refractivity contribution in [3.63, 3.8) is 0 Å². The molecule has 1 atom stereocenters. The van der Waals surface area contributed by atoms with Crippen molar-refractivity contribution >= 4 is 18.0 Å². The zero-order valence-corrected chi connectivity index (χ0v) is 30.9. The Kier molecular flexibility index (Phi) is 19.8. The van der Waals surface area contributed by atoms with E-state index in [0.29, 0.717) is 35.2 Å². The van der Waals surface area contributed by atoms with Gasteiger partial charge in [-0.25, -0.2) is 0 Å². The average molecular weight is 656 g/mol. The van der Waals surface area contributed by atoms with Crippen molar-refractivity contribution in [2.75, 3.05) is 7.11 Å². The molecule has 6 nitrogen and oxygen atoms in total. The fourth-order valence-corrected chi connectivity index (χ4v) is 4.80.